The predicted molar refractivity (Wildman–Crippen MR) is 101 cm³/mol. The van der Waals surface area contributed by atoms with E-state index in [4.69, 9.17) is 15.2 Å². The summed E-state index contributed by atoms with van der Waals surface area (Å²) in [6.45, 7) is 4.17. The molecule has 0 spiro atoms. The van der Waals surface area contributed by atoms with Gasteiger partial charge in [0.15, 0.2) is 11.6 Å². The van der Waals surface area contributed by atoms with Crippen LogP contribution in [0.5, 0.6) is 17.2 Å². The number of nitrogens with zero attached hydrogens (tertiary/aromatic N) is 3. The Morgan fingerprint density at radius 1 is 1.19 bits per heavy atom. The molecular weight excluding hydrogens is 332 g/mol. The molecule has 3 rings (SSSR count). The van der Waals surface area contributed by atoms with Gasteiger partial charge in [-0.15, -0.1) is 0 Å². The van der Waals surface area contributed by atoms with Gasteiger partial charge in [-0.05, 0) is 24.1 Å². The number of nitrogens with two attached hydrogens (primary N) is 1. The molecule has 0 saturated carbocycles. The highest BCUT2D eigenvalue weighted by molar-refractivity contribution is 5.71. The summed E-state index contributed by atoms with van der Waals surface area (Å²) in [6, 6.07) is 5.75. The Kier molecular flexibility index (Phi) is 4.92. The number of benzene rings is 1. The number of methoxy groups -OCH3 is 1. The van der Waals surface area contributed by atoms with Gasteiger partial charge in [0.2, 0.25) is 5.95 Å². The average Bonchev–Trinajstić information content (AvgIpc) is 3.17. The second-order valence-electron chi connectivity index (χ2n) is 6.01. The molecule has 0 aliphatic carbocycles. The van der Waals surface area contributed by atoms with E-state index in [0.29, 0.717) is 17.4 Å². The van der Waals surface area contributed by atoms with E-state index < -0.39 is 0 Å². The van der Waals surface area contributed by atoms with Gasteiger partial charge in [0.1, 0.15) is 11.5 Å². The summed E-state index contributed by atoms with van der Waals surface area (Å²) in [4.78, 5) is 8.32. The highest BCUT2D eigenvalue weighted by Crippen LogP contribution is 2.40. The molecule has 0 aliphatic rings. The number of hydrogen-bond acceptors (Lipinski definition) is 7. The van der Waals surface area contributed by atoms with Crippen molar-refractivity contribution < 1.29 is 9.47 Å². The zero-order valence-corrected chi connectivity index (χ0v) is 15.2. The van der Waals surface area contributed by atoms with E-state index in [0.717, 1.165) is 22.6 Å². The number of nitrogens with one attached hydrogen (secondary N) is 2. The summed E-state index contributed by atoms with van der Waals surface area (Å²) >= 11 is 0. The molecule has 0 unspecified atom stereocenters. The topological polar surface area (TPSA) is 111 Å². The number of H-pyrrole nitrogens is 1. The van der Waals surface area contributed by atoms with Crippen molar-refractivity contribution in [3.8, 4) is 28.5 Å². The van der Waals surface area contributed by atoms with Crippen LogP contribution in [0.3, 0.4) is 0 Å². The van der Waals surface area contributed by atoms with Crippen LogP contribution in [-0.4, -0.2) is 34.3 Å². The minimum atomic E-state index is 0.216. The van der Waals surface area contributed by atoms with Crippen molar-refractivity contribution in [2.45, 2.75) is 19.8 Å². The molecule has 0 radical (unpaired) electrons. The fraction of sp³-hybridized carbons (Fsp3) is 0.278. The smallest absolute Gasteiger partial charge is 0.224 e. The number of aromatic nitrogens is 4. The van der Waals surface area contributed by atoms with Gasteiger partial charge in [0.25, 0.3) is 0 Å². The fourth-order valence-corrected chi connectivity index (χ4v) is 2.60. The molecular formula is C18H22N6O2. The van der Waals surface area contributed by atoms with Crippen molar-refractivity contribution in [1.82, 2.24) is 20.2 Å². The van der Waals surface area contributed by atoms with Gasteiger partial charge < -0.3 is 20.5 Å². The van der Waals surface area contributed by atoms with Crippen LogP contribution in [0.2, 0.25) is 0 Å². The van der Waals surface area contributed by atoms with Crippen LogP contribution in [0.1, 0.15) is 25.3 Å². The van der Waals surface area contributed by atoms with Gasteiger partial charge in [-0.1, -0.05) is 13.8 Å². The van der Waals surface area contributed by atoms with E-state index >= 15 is 0 Å². The maximum Gasteiger partial charge on any atom is 0.224 e. The lowest BCUT2D eigenvalue weighted by atomic mass is 9.98. The van der Waals surface area contributed by atoms with Crippen LogP contribution in [0.15, 0.2) is 30.6 Å². The molecule has 0 amide bonds. The maximum atomic E-state index is 6.07. The summed E-state index contributed by atoms with van der Waals surface area (Å²) in [5, 5.41) is 9.81. The lowest BCUT2D eigenvalue weighted by molar-refractivity contribution is 0.412. The molecule has 0 saturated heterocycles. The summed E-state index contributed by atoms with van der Waals surface area (Å²) < 4.78 is 11.6. The first-order chi connectivity index (χ1) is 12.5. The molecule has 2 heterocycles. The summed E-state index contributed by atoms with van der Waals surface area (Å²) in [7, 11) is 3.37. The molecule has 2 aromatic heterocycles. The van der Waals surface area contributed by atoms with Gasteiger partial charge in [0.05, 0.1) is 19.0 Å². The predicted octanol–water partition coefficient (Wildman–Crippen LogP) is 3.41. The van der Waals surface area contributed by atoms with Gasteiger partial charge in [0, 0.05) is 24.4 Å². The fourth-order valence-electron chi connectivity index (χ4n) is 2.60. The largest absolute Gasteiger partial charge is 0.496 e. The maximum absolute atomic E-state index is 6.07. The quantitative estimate of drug-likeness (QED) is 0.622. The van der Waals surface area contributed by atoms with Crippen molar-refractivity contribution in [3.63, 3.8) is 0 Å². The second-order valence-corrected chi connectivity index (χ2v) is 6.01. The number of rotatable bonds is 6. The van der Waals surface area contributed by atoms with E-state index in [2.05, 4.69) is 39.3 Å². The first kappa shape index (κ1) is 17.5. The minimum Gasteiger partial charge on any atom is -0.496 e. The van der Waals surface area contributed by atoms with Crippen LogP contribution in [-0.2, 0) is 0 Å². The zero-order chi connectivity index (χ0) is 18.7. The van der Waals surface area contributed by atoms with Crippen molar-refractivity contribution in [3.05, 3.63) is 36.2 Å². The Labute approximate surface area is 151 Å². The number of hydrogen-bond donors (Lipinski definition) is 3. The minimum absolute atomic E-state index is 0.216. The Balaban J connectivity index is 2.08. The number of anilines is 2. The Morgan fingerprint density at radius 2 is 2.00 bits per heavy atom. The number of ether oxygens (including phenoxy) is 2. The molecule has 8 heteroatoms. The number of nitrogen functional groups attached to an aromatic ring is 1. The van der Waals surface area contributed by atoms with Crippen molar-refractivity contribution in [1.29, 1.82) is 0 Å². The molecule has 0 fully saturated rings. The lowest BCUT2D eigenvalue weighted by Crippen LogP contribution is -2.03. The average molecular weight is 354 g/mol. The van der Waals surface area contributed by atoms with E-state index in [1.165, 1.54) is 0 Å². The van der Waals surface area contributed by atoms with E-state index in [1.807, 2.05) is 18.2 Å². The molecule has 136 valence electrons. The molecule has 26 heavy (non-hydrogen) atoms. The monoisotopic (exact) mass is 354 g/mol. The second kappa shape index (κ2) is 7.30. The summed E-state index contributed by atoms with van der Waals surface area (Å²) in [6.07, 6.45) is 3.24. The van der Waals surface area contributed by atoms with Crippen LogP contribution in [0.4, 0.5) is 11.8 Å². The SMILES string of the molecule is CNc1ncc(Oc2cc(-c3ccn[nH]3)c(OC)cc2C(C)C)c(N)n1. The van der Waals surface area contributed by atoms with E-state index in [1.54, 1.807) is 26.6 Å². The van der Waals surface area contributed by atoms with Gasteiger partial charge in [-0.2, -0.15) is 10.1 Å². The standard InChI is InChI=1S/C18H22N6O2/c1-10(2)11-7-14(25-4)12(13-5-6-22-24-13)8-15(11)26-16-9-21-18(20-3)23-17(16)19/h5-10H,1-4H3,(H,22,24)(H3,19,20,21,23). The van der Waals surface area contributed by atoms with Crippen LogP contribution < -0.4 is 20.5 Å². The summed E-state index contributed by atoms with van der Waals surface area (Å²) in [5.41, 5.74) is 8.66. The van der Waals surface area contributed by atoms with Gasteiger partial charge in [-0.3, -0.25) is 5.10 Å². The molecule has 4 N–H and O–H groups in total. The van der Waals surface area contributed by atoms with Gasteiger partial charge >= 0.3 is 0 Å². The van der Waals surface area contributed by atoms with Crippen LogP contribution in [0, 0.1) is 0 Å². The zero-order valence-electron chi connectivity index (χ0n) is 15.2. The molecule has 3 aromatic rings. The van der Waals surface area contributed by atoms with Crippen molar-refractivity contribution in [2.24, 2.45) is 0 Å². The third kappa shape index (κ3) is 3.39. The highest BCUT2D eigenvalue weighted by atomic mass is 16.5. The Morgan fingerprint density at radius 3 is 2.58 bits per heavy atom. The highest BCUT2D eigenvalue weighted by Gasteiger charge is 2.18. The van der Waals surface area contributed by atoms with E-state index in [9.17, 15) is 0 Å². The van der Waals surface area contributed by atoms with Gasteiger partial charge in [-0.25, -0.2) is 4.98 Å². The first-order valence-corrected chi connectivity index (χ1v) is 8.23. The number of aromatic amines is 1. The molecule has 8 nitrogen and oxygen atoms in total. The molecule has 0 atom stereocenters. The molecule has 0 aliphatic heterocycles. The van der Waals surface area contributed by atoms with Crippen molar-refractivity contribution in [2.75, 3.05) is 25.2 Å². The van der Waals surface area contributed by atoms with Crippen LogP contribution >= 0.6 is 0 Å². The lowest BCUT2D eigenvalue weighted by Gasteiger charge is -2.18. The first-order valence-electron chi connectivity index (χ1n) is 8.23. The molecule has 0 bridgehead atoms. The summed E-state index contributed by atoms with van der Waals surface area (Å²) in [5.74, 6) is 2.71. The third-order valence-corrected chi connectivity index (χ3v) is 3.97. The normalized spacial score (nSPS) is 10.8. The van der Waals surface area contributed by atoms with E-state index in [-0.39, 0.29) is 11.7 Å². The Hall–Kier alpha value is -3.29. The Bertz CT molecular complexity index is 893. The third-order valence-electron chi connectivity index (χ3n) is 3.97. The van der Waals surface area contributed by atoms with Crippen LogP contribution in [0.25, 0.3) is 11.3 Å². The molecule has 1 aromatic carbocycles. The van der Waals surface area contributed by atoms with Crippen molar-refractivity contribution >= 4 is 11.8 Å².